The van der Waals surface area contributed by atoms with E-state index in [9.17, 15) is 4.79 Å². The van der Waals surface area contributed by atoms with Crippen LogP contribution >= 0.6 is 0 Å². The van der Waals surface area contributed by atoms with Gasteiger partial charge in [-0.3, -0.25) is 4.79 Å². The predicted octanol–water partition coefficient (Wildman–Crippen LogP) is 2.78. The summed E-state index contributed by atoms with van der Waals surface area (Å²) in [6.07, 6.45) is 1.73. The molecule has 1 aromatic carbocycles. The van der Waals surface area contributed by atoms with Crippen LogP contribution < -0.4 is 0 Å². The number of carbonyl (C=O) groups excluding carboxylic acids is 1. The molecule has 0 fully saturated rings. The van der Waals surface area contributed by atoms with E-state index in [1.54, 1.807) is 4.68 Å². The quantitative estimate of drug-likeness (QED) is 0.776. The van der Waals surface area contributed by atoms with Crippen molar-refractivity contribution in [3.05, 3.63) is 35.0 Å². The van der Waals surface area contributed by atoms with E-state index >= 15 is 0 Å². The maximum Gasteiger partial charge on any atom is 0.172 e. The molecule has 2 rings (SSSR count). The van der Waals surface area contributed by atoms with Crippen LogP contribution in [0.15, 0.2) is 18.2 Å². The number of carbonyl (C=O) groups is 1. The smallest absolute Gasteiger partial charge is 0.172 e. The molecular formula is C14H17N3O. The largest absolute Gasteiger partial charge is 0.296 e. The Morgan fingerprint density at radius 3 is 2.67 bits per heavy atom. The van der Waals surface area contributed by atoms with E-state index in [4.69, 9.17) is 0 Å². The normalized spacial score (nSPS) is 10.6. The minimum atomic E-state index is 0.409. The van der Waals surface area contributed by atoms with Gasteiger partial charge in [-0.15, -0.1) is 5.10 Å². The summed E-state index contributed by atoms with van der Waals surface area (Å²) in [5.41, 5.74) is 4.66. The first-order valence-corrected chi connectivity index (χ1v) is 6.13. The lowest BCUT2D eigenvalue weighted by Gasteiger charge is -2.08. The number of rotatable bonds is 4. The third-order valence-corrected chi connectivity index (χ3v) is 3.09. The van der Waals surface area contributed by atoms with Gasteiger partial charge in [0, 0.05) is 12.1 Å². The first-order chi connectivity index (χ1) is 8.67. The summed E-state index contributed by atoms with van der Waals surface area (Å²) < 4.78 is 1.80. The minimum Gasteiger partial charge on any atom is -0.296 e. The second-order valence-electron chi connectivity index (χ2n) is 4.46. The maximum absolute atomic E-state index is 11.1. The van der Waals surface area contributed by atoms with Gasteiger partial charge in [0.1, 0.15) is 0 Å². The van der Waals surface area contributed by atoms with Crippen LogP contribution in [-0.2, 0) is 6.54 Å². The Hall–Kier alpha value is -1.97. The Morgan fingerprint density at radius 2 is 2.06 bits per heavy atom. The second kappa shape index (κ2) is 5.12. The van der Waals surface area contributed by atoms with Gasteiger partial charge in [0.25, 0.3) is 0 Å². The van der Waals surface area contributed by atoms with E-state index in [-0.39, 0.29) is 0 Å². The average Bonchev–Trinajstić information content (AvgIpc) is 2.76. The zero-order valence-electron chi connectivity index (χ0n) is 11.0. The third-order valence-electron chi connectivity index (χ3n) is 3.09. The van der Waals surface area contributed by atoms with E-state index in [0.29, 0.717) is 5.69 Å². The molecule has 0 bridgehead atoms. The molecule has 0 radical (unpaired) electrons. The molecule has 2 aromatic rings. The van der Waals surface area contributed by atoms with E-state index in [1.165, 1.54) is 11.1 Å². The van der Waals surface area contributed by atoms with Gasteiger partial charge in [-0.25, -0.2) is 4.68 Å². The van der Waals surface area contributed by atoms with Crippen LogP contribution in [0.5, 0.6) is 0 Å². The Labute approximate surface area is 107 Å². The average molecular weight is 243 g/mol. The highest BCUT2D eigenvalue weighted by atomic mass is 16.1. The van der Waals surface area contributed by atoms with E-state index < -0.39 is 0 Å². The van der Waals surface area contributed by atoms with E-state index in [2.05, 4.69) is 43.2 Å². The first-order valence-electron chi connectivity index (χ1n) is 6.13. The number of aldehydes is 1. The van der Waals surface area contributed by atoms with Crippen molar-refractivity contribution in [2.75, 3.05) is 0 Å². The van der Waals surface area contributed by atoms with Crippen molar-refractivity contribution in [1.29, 1.82) is 0 Å². The van der Waals surface area contributed by atoms with Crippen molar-refractivity contribution < 1.29 is 4.79 Å². The van der Waals surface area contributed by atoms with Gasteiger partial charge in [0.15, 0.2) is 12.0 Å². The van der Waals surface area contributed by atoms with Crippen LogP contribution in [0.1, 0.15) is 35.0 Å². The van der Waals surface area contributed by atoms with Crippen molar-refractivity contribution in [2.24, 2.45) is 0 Å². The van der Waals surface area contributed by atoms with Gasteiger partial charge < -0.3 is 0 Å². The highest BCUT2D eigenvalue weighted by molar-refractivity contribution is 5.83. The lowest BCUT2D eigenvalue weighted by molar-refractivity contribution is 0.111. The fourth-order valence-corrected chi connectivity index (χ4v) is 1.96. The molecule has 0 saturated carbocycles. The predicted molar refractivity (Wildman–Crippen MR) is 70.6 cm³/mol. The molecule has 0 N–H and O–H groups in total. The summed E-state index contributed by atoms with van der Waals surface area (Å²) in [5.74, 6) is 0. The number of aromatic nitrogens is 3. The van der Waals surface area contributed by atoms with Crippen LogP contribution in [-0.4, -0.2) is 21.3 Å². The van der Waals surface area contributed by atoms with E-state index in [0.717, 1.165) is 30.5 Å². The lowest BCUT2D eigenvalue weighted by Crippen LogP contribution is -2.02. The number of nitrogens with zero attached hydrogens (tertiary/aromatic N) is 3. The molecule has 0 amide bonds. The number of hydrogen-bond acceptors (Lipinski definition) is 3. The van der Waals surface area contributed by atoms with Crippen LogP contribution in [0, 0.1) is 13.8 Å². The van der Waals surface area contributed by atoms with Crippen LogP contribution in [0.4, 0.5) is 0 Å². The van der Waals surface area contributed by atoms with Gasteiger partial charge in [-0.1, -0.05) is 24.3 Å². The number of hydrogen-bond donors (Lipinski definition) is 0. The molecule has 4 heteroatoms. The summed E-state index contributed by atoms with van der Waals surface area (Å²) in [6.45, 7) is 6.98. The Bertz CT molecular complexity index is 572. The molecule has 0 atom stereocenters. The van der Waals surface area contributed by atoms with Crippen molar-refractivity contribution in [3.63, 3.8) is 0 Å². The fraction of sp³-hybridized carbons (Fsp3) is 0.357. The Balaban J connectivity index is 2.56. The standard InChI is InChI=1S/C14H17N3O/c1-4-7-17-14(13(9-18)15-16-17)12-6-5-10(2)11(3)8-12/h5-6,8-9H,4,7H2,1-3H3. The summed E-state index contributed by atoms with van der Waals surface area (Å²) in [7, 11) is 0. The van der Waals surface area contributed by atoms with Gasteiger partial charge in [-0.2, -0.15) is 0 Å². The molecule has 0 spiro atoms. The molecule has 18 heavy (non-hydrogen) atoms. The fourth-order valence-electron chi connectivity index (χ4n) is 1.96. The molecule has 0 aliphatic rings. The Morgan fingerprint density at radius 1 is 1.28 bits per heavy atom. The molecule has 94 valence electrons. The van der Waals surface area contributed by atoms with Gasteiger partial charge in [-0.05, 0) is 37.5 Å². The van der Waals surface area contributed by atoms with Gasteiger partial charge in [0.05, 0.1) is 5.69 Å². The summed E-state index contributed by atoms with van der Waals surface area (Å²) in [6, 6.07) is 6.15. The van der Waals surface area contributed by atoms with Crippen molar-refractivity contribution in [2.45, 2.75) is 33.7 Å². The van der Waals surface area contributed by atoms with Crippen molar-refractivity contribution in [3.8, 4) is 11.3 Å². The highest BCUT2D eigenvalue weighted by Crippen LogP contribution is 2.24. The monoisotopic (exact) mass is 243 g/mol. The van der Waals surface area contributed by atoms with Crippen LogP contribution in [0.2, 0.25) is 0 Å². The highest BCUT2D eigenvalue weighted by Gasteiger charge is 2.14. The summed E-state index contributed by atoms with van der Waals surface area (Å²) in [5, 5.41) is 7.97. The van der Waals surface area contributed by atoms with Gasteiger partial charge in [0.2, 0.25) is 0 Å². The molecular weight excluding hydrogens is 226 g/mol. The molecule has 1 aromatic heterocycles. The molecule has 4 nitrogen and oxygen atoms in total. The number of aryl methyl sites for hydroxylation is 3. The zero-order chi connectivity index (χ0) is 13.1. The zero-order valence-corrected chi connectivity index (χ0v) is 11.0. The topological polar surface area (TPSA) is 47.8 Å². The van der Waals surface area contributed by atoms with Gasteiger partial charge >= 0.3 is 0 Å². The molecule has 0 saturated heterocycles. The molecule has 0 aliphatic heterocycles. The molecule has 1 heterocycles. The third kappa shape index (κ3) is 2.18. The van der Waals surface area contributed by atoms with Crippen LogP contribution in [0.3, 0.4) is 0 Å². The number of benzene rings is 1. The SMILES string of the molecule is CCCn1nnc(C=O)c1-c1ccc(C)c(C)c1. The van der Waals surface area contributed by atoms with Crippen molar-refractivity contribution in [1.82, 2.24) is 15.0 Å². The molecule has 0 aliphatic carbocycles. The lowest BCUT2D eigenvalue weighted by atomic mass is 10.0. The summed E-state index contributed by atoms with van der Waals surface area (Å²) >= 11 is 0. The first kappa shape index (κ1) is 12.5. The Kier molecular flexibility index (Phi) is 3.55. The van der Waals surface area contributed by atoms with Crippen molar-refractivity contribution >= 4 is 6.29 Å². The minimum absolute atomic E-state index is 0.409. The van der Waals surface area contributed by atoms with E-state index in [1.807, 2.05) is 6.07 Å². The van der Waals surface area contributed by atoms with Crippen LogP contribution in [0.25, 0.3) is 11.3 Å². The maximum atomic E-state index is 11.1. The second-order valence-corrected chi connectivity index (χ2v) is 4.46. The summed E-state index contributed by atoms with van der Waals surface area (Å²) in [4.78, 5) is 11.1. The molecule has 0 unspecified atom stereocenters.